The Labute approximate surface area is 107 Å². The molecule has 2 atom stereocenters. The van der Waals surface area contributed by atoms with E-state index in [2.05, 4.69) is 11.4 Å². The fourth-order valence-corrected chi connectivity index (χ4v) is 2.79. The van der Waals surface area contributed by atoms with Crippen molar-refractivity contribution in [3.05, 3.63) is 29.8 Å². The van der Waals surface area contributed by atoms with Gasteiger partial charge in [0.15, 0.2) is 0 Å². The van der Waals surface area contributed by atoms with E-state index in [-0.39, 0.29) is 18.1 Å². The molecule has 96 valence electrons. The summed E-state index contributed by atoms with van der Waals surface area (Å²) in [6.07, 6.45) is 1.92. The quantitative estimate of drug-likeness (QED) is 0.858. The van der Waals surface area contributed by atoms with Crippen LogP contribution in [0.25, 0.3) is 0 Å². The van der Waals surface area contributed by atoms with Gasteiger partial charge in [0.25, 0.3) is 0 Å². The van der Waals surface area contributed by atoms with Crippen molar-refractivity contribution in [2.24, 2.45) is 0 Å². The molecule has 0 radical (unpaired) electrons. The van der Waals surface area contributed by atoms with Gasteiger partial charge in [0.2, 0.25) is 5.91 Å². The molecule has 0 saturated carbocycles. The first kappa shape index (κ1) is 11.5. The van der Waals surface area contributed by atoms with Crippen molar-refractivity contribution in [2.45, 2.75) is 25.0 Å². The monoisotopic (exact) mass is 246 g/mol. The summed E-state index contributed by atoms with van der Waals surface area (Å²) in [6, 6.07) is 8.10. The van der Waals surface area contributed by atoms with Gasteiger partial charge in [-0.05, 0) is 25.1 Å². The van der Waals surface area contributed by atoms with Crippen LogP contribution in [0.3, 0.4) is 0 Å². The van der Waals surface area contributed by atoms with Crippen LogP contribution in [-0.4, -0.2) is 43.1 Å². The van der Waals surface area contributed by atoms with Crippen LogP contribution in [0.2, 0.25) is 0 Å². The molecule has 2 heterocycles. The SMILES string of the molecule is CNC1CCN(CC2Cc3ccccc3O2)C1=O. The number of rotatable bonds is 3. The highest BCUT2D eigenvalue weighted by atomic mass is 16.5. The van der Waals surface area contributed by atoms with Crippen molar-refractivity contribution in [3.63, 3.8) is 0 Å². The zero-order valence-electron chi connectivity index (χ0n) is 10.6. The van der Waals surface area contributed by atoms with Crippen LogP contribution in [0.15, 0.2) is 24.3 Å². The first-order valence-corrected chi connectivity index (χ1v) is 6.48. The Morgan fingerprint density at radius 1 is 1.44 bits per heavy atom. The van der Waals surface area contributed by atoms with E-state index in [1.807, 2.05) is 30.1 Å². The molecule has 1 saturated heterocycles. The van der Waals surface area contributed by atoms with Gasteiger partial charge in [-0.2, -0.15) is 0 Å². The summed E-state index contributed by atoms with van der Waals surface area (Å²) < 4.78 is 5.87. The summed E-state index contributed by atoms with van der Waals surface area (Å²) in [4.78, 5) is 13.9. The van der Waals surface area contributed by atoms with Crippen LogP contribution >= 0.6 is 0 Å². The average molecular weight is 246 g/mol. The third-order valence-corrected chi connectivity index (χ3v) is 3.78. The van der Waals surface area contributed by atoms with Crippen LogP contribution in [0.1, 0.15) is 12.0 Å². The minimum atomic E-state index is -0.00576. The van der Waals surface area contributed by atoms with Crippen LogP contribution in [0.4, 0.5) is 0 Å². The van der Waals surface area contributed by atoms with Gasteiger partial charge in [-0.15, -0.1) is 0 Å². The third-order valence-electron chi connectivity index (χ3n) is 3.78. The molecule has 1 aromatic rings. The molecule has 18 heavy (non-hydrogen) atoms. The van der Waals surface area contributed by atoms with E-state index in [4.69, 9.17) is 4.74 Å². The number of hydrogen-bond donors (Lipinski definition) is 1. The predicted octanol–water partition coefficient (Wildman–Crippen LogP) is 0.810. The molecule has 2 aliphatic rings. The number of amides is 1. The van der Waals surface area contributed by atoms with Crippen molar-refractivity contribution in [1.29, 1.82) is 0 Å². The molecule has 0 bridgehead atoms. The largest absolute Gasteiger partial charge is 0.488 e. The number of benzene rings is 1. The second kappa shape index (κ2) is 4.61. The number of likely N-dealkylation sites (tertiary alicyclic amines) is 1. The van der Waals surface area contributed by atoms with Crippen LogP contribution < -0.4 is 10.1 Å². The summed E-state index contributed by atoms with van der Waals surface area (Å²) in [5.74, 6) is 1.18. The second-order valence-corrected chi connectivity index (χ2v) is 4.97. The highest BCUT2D eigenvalue weighted by molar-refractivity contribution is 5.84. The van der Waals surface area contributed by atoms with Gasteiger partial charge in [0.05, 0.1) is 12.6 Å². The Morgan fingerprint density at radius 2 is 2.28 bits per heavy atom. The van der Waals surface area contributed by atoms with E-state index < -0.39 is 0 Å². The Hall–Kier alpha value is -1.55. The summed E-state index contributed by atoms with van der Waals surface area (Å²) in [5, 5.41) is 3.05. The van der Waals surface area contributed by atoms with Crippen LogP contribution in [0, 0.1) is 0 Å². The topological polar surface area (TPSA) is 41.6 Å². The van der Waals surface area contributed by atoms with E-state index in [0.717, 1.165) is 25.1 Å². The summed E-state index contributed by atoms with van der Waals surface area (Å²) >= 11 is 0. The molecule has 3 rings (SSSR count). The van der Waals surface area contributed by atoms with Crippen molar-refractivity contribution in [1.82, 2.24) is 10.2 Å². The lowest BCUT2D eigenvalue weighted by molar-refractivity contribution is -0.130. The maximum absolute atomic E-state index is 12.0. The molecule has 2 unspecified atom stereocenters. The molecule has 2 aliphatic heterocycles. The highest BCUT2D eigenvalue weighted by Crippen LogP contribution is 2.29. The lowest BCUT2D eigenvalue weighted by Gasteiger charge is -2.20. The van der Waals surface area contributed by atoms with Crippen LogP contribution in [-0.2, 0) is 11.2 Å². The van der Waals surface area contributed by atoms with E-state index in [1.165, 1.54) is 5.56 Å². The third kappa shape index (κ3) is 1.97. The van der Waals surface area contributed by atoms with E-state index in [1.54, 1.807) is 0 Å². The molecule has 1 fully saturated rings. The summed E-state index contributed by atoms with van der Waals surface area (Å²) in [7, 11) is 1.84. The number of hydrogen-bond acceptors (Lipinski definition) is 3. The van der Waals surface area contributed by atoms with Gasteiger partial charge in [-0.3, -0.25) is 4.79 Å². The molecule has 4 heteroatoms. The number of nitrogens with one attached hydrogen (secondary N) is 1. The molecule has 1 aromatic carbocycles. The molecular weight excluding hydrogens is 228 g/mol. The minimum Gasteiger partial charge on any atom is -0.488 e. The number of likely N-dealkylation sites (N-methyl/N-ethyl adjacent to an activating group) is 1. The lowest BCUT2D eigenvalue weighted by atomic mass is 10.1. The smallest absolute Gasteiger partial charge is 0.239 e. The molecule has 4 nitrogen and oxygen atoms in total. The maximum Gasteiger partial charge on any atom is 0.239 e. The van der Waals surface area contributed by atoms with E-state index in [9.17, 15) is 4.79 Å². The first-order chi connectivity index (χ1) is 8.78. The van der Waals surface area contributed by atoms with Crippen molar-refractivity contribution in [2.75, 3.05) is 20.1 Å². The molecule has 0 aromatic heterocycles. The molecule has 0 spiro atoms. The van der Waals surface area contributed by atoms with Crippen molar-refractivity contribution >= 4 is 5.91 Å². The maximum atomic E-state index is 12.0. The van der Waals surface area contributed by atoms with E-state index >= 15 is 0 Å². The predicted molar refractivity (Wildman–Crippen MR) is 68.6 cm³/mol. The normalized spacial score (nSPS) is 26.3. The number of nitrogens with zero attached hydrogens (tertiary/aromatic N) is 1. The summed E-state index contributed by atoms with van der Waals surface area (Å²) in [6.45, 7) is 1.53. The lowest BCUT2D eigenvalue weighted by Crippen LogP contribution is -2.40. The second-order valence-electron chi connectivity index (χ2n) is 4.97. The molecule has 1 amide bonds. The van der Waals surface area contributed by atoms with Gasteiger partial charge in [-0.25, -0.2) is 0 Å². The Morgan fingerprint density at radius 3 is 3.00 bits per heavy atom. The summed E-state index contributed by atoms with van der Waals surface area (Å²) in [5.41, 5.74) is 1.25. The number of carbonyl (C=O) groups excluding carboxylic acids is 1. The van der Waals surface area contributed by atoms with Crippen molar-refractivity contribution < 1.29 is 9.53 Å². The zero-order chi connectivity index (χ0) is 12.5. The van der Waals surface area contributed by atoms with Gasteiger partial charge < -0.3 is 15.0 Å². The Balaban J connectivity index is 1.62. The average Bonchev–Trinajstić information content (AvgIpc) is 2.94. The molecule has 1 N–H and O–H groups in total. The zero-order valence-corrected chi connectivity index (χ0v) is 10.6. The highest BCUT2D eigenvalue weighted by Gasteiger charge is 2.33. The first-order valence-electron chi connectivity index (χ1n) is 6.48. The standard InChI is InChI=1S/C14H18N2O2/c1-15-12-6-7-16(14(12)17)9-11-8-10-4-2-3-5-13(10)18-11/h2-5,11-12,15H,6-9H2,1H3. The number of carbonyl (C=O) groups is 1. The van der Waals surface area contributed by atoms with E-state index in [0.29, 0.717) is 6.54 Å². The minimum absolute atomic E-state index is 0.00576. The molecular formula is C14H18N2O2. The Kier molecular flexibility index (Phi) is 2.96. The van der Waals surface area contributed by atoms with Gasteiger partial charge in [0.1, 0.15) is 11.9 Å². The number of fused-ring (bicyclic) bond motifs is 1. The number of para-hydroxylation sites is 1. The fourth-order valence-electron chi connectivity index (χ4n) is 2.79. The van der Waals surface area contributed by atoms with Crippen LogP contribution in [0.5, 0.6) is 5.75 Å². The van der Waals surface area contributed by atoms with Crippen molar-refractivity contribution in [3.8, 4) is 5.75 Å². The number of ether oxygens (including phenoxy) is 1. The Bertz CT molecular complexity index is 436. The fraction of sp³-hybridized carbons (Fsp3) is 0.500. The van der Waals surface area contributed by atoms with Gasteiger partial charge in [0, 0.05) is 13.0 Å². The van der Waals surface area contributed by atoms with Gasteiger partial charge in [-0.1, -0.05) is 18.2 Å². The molecule has 0 aliphatic carbocycles. The van der Waals surface area contributed by atoms with Gasteiger partial charge >= 0.3 is 0 Å².